The van der Waals surface area contributed by atoms with Crippen molar-refractivity contribution >= 4 is 17.5 Å². The monoisotopic (exact) mass is 296 g/mol. The molecule has 3 aromatic heterocycles. The number of nitrogens with one attached hydrogen (secondary N) is 1. The summed E-state index contributed by atoms with van der Waals surface area (Å²) in [7, 11) is 0. The van der Waals surface area contributed by atoms with Gasteiger partial charge < -0.3 is 15.6 Å². The predicted octanol–water partition coefficient (Wildman–Crippen LogP) is 1.67. The van der Waals surface area contributed by atoms with Gasteiger partial charge in [-0.25, -0.2) is 9.97 Å². The molecule has 3 N–H and O–H groups in total. The summed E-state index contributed by atoms with van der Waals surface area (Å²) in [6, 6.07) is 5.11. The third-order valence-corrected chi connectivity index (χ3v) is 2.87. The van der Waals surface area contributed by atoms with Crippen LogP contribution in [0.2, 0.25) is 0 Å². The molecule has 0 aliphatic heterocycles. The van der Waals surface area contributed by atoms with E-state index in [-0.39, 0.29) is 11.4 Å². The Balaban J connectivity index is 1.84. The number of nitrogens with two attached hydrogens (primary N) is 1. The van der Waals surface area contributed by atoms with Crippen LogP contribution in [0.1, 0.15) is 16.1 Å². The second kappa shape index (κ2) is 5.60. The maximum atomic E-state index is 12.1. The van der Waals surface area contributed by atoms with Gasteiger partial charge in [0.05, 0.1) is 0 Å². The van der Waals surface area contributed by atoms with E-state index >= 15 is 0 Å². The fraction of sp³-hybridized carbons (Fsp3) is 0.0714. The Bertz CT molecular complexity index is 815. The number of carbonyl (C=O) groups excluding carboxylic acids is 1. The van der Waals surface area contributed by atoms with Crippen LogP contribution in [0, 0.1) is 6.92 Å². The predicted molar refractivity (Wildman–Crippen MR) is 78.9 cm³/mol. The van der Waals surface area contributed by atoms with Crippen LogP contribution >= 0.6 is 0 Å². The molecule has 110 valence electrons. The lowest BCUT2D eigenvalue weighted by atomic mass is 10.2. The minimum Gasteiger partial charge on any atom is -0.383 e. The molecule has 8 nitrogen and oxygen atoms in total. The van der Waals surface area contributed by atoms with E-state index < -0.39 is 5.91 Å². The Morgan fingerprint density at radius 2 is 2.09 bits per heavy atom. The molecule has 1 amide bonds. The summed E-state index contributed by atoms with van der Waals surface area (Å²) in [4.78, 5) is 24.3. The van der Waals surface area contributed by atoms with E-state index in [1.165, 1.54) is 6.20 Å². The minimum absolute atomic E-state index is 0.0829. The number of carbonyl (C=O) groups is 1. The second-order valence-electron chi connectivity index (χ2n) is 4.51. The lowest BCUT2D eigenvalue weighted by Crippen LogP contribution is -2.16. The summed E-state index contributed by atoms with van der Waals surface area (Å²) in [5.74, 6) is 0.952. The fourth-order valence-electron chi connectivity index (χ4n) is 1.82. The van der Waals surface area contributed by atoms with E-state index in [4.69, 9.17) is 10.3 Å². The van der Waals surface area contributed by atoms with Gasteiger partial charge >= 0.3 is 0 Å². The molecule has 0 spiro atoms. The van der Waals surface area contributed by atoms with E-state index in [9.17, 15) is 4.79 Å². The lowest BCUT2D eigenvalue weighted by Gasteiger charge is -2.06. The highest BCUT2D eigenvalue weighted by Crippen LogP contribution is 2.18. The third-order valence-electron chi connectivity index (χ3n) is 2.87. The fourth-order valence-corrected chi connectivity index (χ4v) is 1.82. The highest BCUT2D eigenvalue weighted by Gasteiger charge is 2.15. The molecule has 8 heteroatoms. The van der Waals surface area contributed by atoms with E-state index in [0.717, 1.165) is 5.56 Å². The van der Waals surface area contributed by atoms with Crippen LogP contribution in [0.15, 0.2) is 41.3 Å². The number of rotatable bonds is 3. The van der Waals surface area contributed by atoms with Crippen molar-refractivity contribution in [3.63, 3.8) is 0 Å². The largest absolute Gasteiger partial charge is 0.383 e. The van der Waals surface area contributed by atoms with Crippen molar-refractivity contribution in [1.29, 1.82) is 0 Å². The molecular weight excluding hydrogens is 284 g/mol. The number of anilines is 2. The van der Waals surface area contributed by atoms with Gasteiger partial charge in [0.1, 0.15) is 17.1 Å². The van der Waals surface area contributed by atoms with Crippen LogP contribution < -0.4 is 11.1 Å². The number of aromatic nitrogens is 4. The van der Waals surface area contributed by atoms with Gasteiger partial charge in [0.25, 0.3) is 5.91 Å². The first kappa shape index (κ1) is 13.7. The Kier molecular flexibility index (Phi) is 3.48. The maximum Gasteiger partial charge on any atom is 0.262 e. The van der Waals surface area contributed by atoms with E-state index in [0.29, 0.717) is 17.4 Å². The van der Waals surface area contributed by atoms with Crippen molar-refractivity contribution in [3.8, 4) is 11.4 Å². The van der Waals surface area contributed by atoms with Gasteiger partial charge in [-0.05, 0) is 19.1 Å². The normalized spacial score (nSPS) is 10.4. The van der Waals surface area contributed by atoms with Crippen molar-refractivity contribution in [3.05, 3.63) is 48.1 Å². The van der Waals surface area contributed by atoms with Gasteiger partial charge in [-0.2, -0.15) is 0 Å². The van der Waals surface area contributed by atoms with Crippen LogP contribution in [-0.4, -0.2) is 26.0 Å². The zero-order valence-electron chi connectivity index (χ0n) is 11.6. The SMILES string of the molecule is Cc1cc(NC(=O)c2cnc(-c3ccncc3)nc2N)no1. The van der Waals surface area contributed by atoms with Gasteiger partial charge in [0, 0.05) is 30.2 Å². The van der Waals surface area contributed by atoms with Crippen LogP contribution in [0.25, 0.3) is 11.4 Å². The number of hydrogen-bond donors (Lipinski definition) is 2. The van der Waals surface area contributed by atoms with Gasteiger partial charge in [0.2, 0.25) is 0 Å². The number of aryl methyl sites for hydroxylation is 1. The number of pyridine rings is 1. The Hall–Kier alpha value is -3.29. The van der Waals surface area contributed by atoms with Crippen LogP contribution in [-0.2, 0) is 0 Å². The standard InChI is InChI=1S/C14H12N6O2/c1-8-6-11(20-22-8)18-14(21)10-7-17-13(19-12(10)15)9-2-4-16-5-3-9/h2-7H,1H3,(H2,15,17,19)(H,18,20,21). The first-order valence-electron chi connectivity index (χ1n) is 6.41. The smallest absolute Gasteiger partial charge is 0.262 e. The van der Waals surface area contributed by atoms with E-state index in [2.05, 4.69) is 25.4 Å². The highest BCUT2D eigenvalue weighted by atomic mass is 16.5. The molecule has 3 rings (SSSR count). The molecule has 0 aromatic carbocycles. The number of nitrogen functional groups attached to an aromatic ring is 1. The van der Waals surface area contributed by atoms with Crippen LogP contribution in [0.4, 0.5) is 11.6 Å². The number of hydrogen-bond acceptors (Lipinski definition) is 7. The molecule has 0 unspecified atom stereocenters. The summed E-state index contributed by atoms with van der Waals surface area (Å²) < 4.78 is 4.88. The van der Waals surface area contributed by atoms with Gasteiger partial charge in [-0.15, -0.1) is 0 Å². The summed E-state index contributed by atoms with van der Waals surface area (Å²) in [5, 5.41) is 6.25. The molecule has 0 atom stereocenters. The Labute approximate surface area is 125 Å². The molecule has 22 heavy (non-hydrogen) atoms. The van der Waals surface area contributed by atoms with Gasteiger partial charge in [-0.1, -0.05) is 5.16 Å². The van der Waals surface area contributed by atoms with Crippen molar-refractivity contribution < 1.29 is 9.32 Å². The topological polar surface area (TPSA) is 120 Å². The summed E-state index contributed by atoms with van der Waals surface area (Å²) in [6.45, 7) is 1.73. The lowest BCUT2D eigenvalue weighted by molar-refractivity contribution is 0.102. The average molecular weight is 296 g/mol. The molecule has 0 saturated carbocycles. The summed E-state index contributed by atoms with van der Waals surface area (Å²) >= 11 is 0. The van der Waals surface area contributed by atoms with Crippen LogP contribution in [0.3, 0.4) is 0 Å². The molecule has 0 fully saturated rings. The van der Waals surface area contributed by atoms with E-state index in [1.807, 2.05) is 0 Å². The van der Waals surface area contributed by atoms with Gasteiger partial charge in [0.15, 0.2) is 11.6 Å². The maximum absolute atomic E-state index is 12.1. The van der Waals surface area contributed by atoms with Crippen molar-refractivity contribution in [2.45, 2.75) is 6.92 Å². The first-order chi connectivity index (χ1) is 10.6. The van der Waals surface area contributed by atoms with Crippen molar-refractivity contribution in [2.24, 2.45) is 0 Å². The van der Waals surface area contributed by atoms with Gasteiger partial charge in [-0.3, -0.25) is 9.78 Å². The molecule has 0 bridgehead atoms. The average Bonchev–Trinajstić information content (AvgIpc) is 2.93. The zero-order chi connectivity index (χ0) is 15.5. The number of nitrogens with zero attached hydrogens (tertiary/aromatic N) is 4. The third kappa shape index (κ3) is 2.75. The quantitative estimate of drug-likeness (QED) is 0.754. The molecule has 0 aliphatic carbocycles. The Morgan fingerprint density at radius 3 is 2.73 bits per heavy atom. The zero-order valence-corrected chi connectivity index (χ0v) is 11.6. The number of amides is 1. The first-order valence-corrected chi connectivity index (χ1v) is 6.41. The highest BCUT2D eigenvalue weighted by molar-refractivity contribution is 6.06. The Morgan fingerprint density at radius 1 is 1.32 bits per heavy atom. The summed E-state index contributed by atoms with van der Waals surface area (Å²) in [5.41, 5.74) is 6.78. The molecule has 0 saturated heterocycles. The molecule has 3 heterocycles. The minimum atomic E-state index is -0.452. The van der Waals surface area contributed by atoms with Crippen molar-refractivity contribution in [1.82, 2.24) is 20.1 Å². The van der Waals surface area contributed by atoms with Crippen LogP contribution in [0.5, 0.6) is 0 Å². The molecular formula is C14H12N6O2. The van der Waals surface area contributed by atoms with E-state index in [1.54, 1.807) is 37.5 Å². The molecule has 0 aliphatic rings. The summed E-state index contributed by atoms with van der Waals surface area (Å²) in [6.07, 6.45) is 4.63. The molecule has 3 aromatic rings. The van der Waals surface area contributed by atoms with Crippen molar-refractivity contribution in [2.75, 3.05) is 11.1 Å². The second-order valence-corrected chi connectivity index (χ2v) is 4.51. The molecule has 0 radical (unpaired) electrons.